The second kappa shape index (κ2) is 10.7. The first-order valence-electron chi connectivity index (χ1n) is 11.1. The smallest absolute Gasteiger partial charge is 0.337 e. The molecule has 0 aromatic carbocycles. The number of aliphatic hydroxyl groups excluding tert-OH is 7. The molecule has 2 heterocycles. The van der Waals surface area contributed by atoms with E-state index >= 15 is 0 Å². The van der Waals surface area contributed by atoms with Crippen molar-refractivity contribution in [1.82, 2.24) is 0 Å². The second-order valence-corrected chi connectivity index (χ2v) is 9.50. The van der Waals surface area contributed by atoms with Crippen LogP contribution in [0, 0.1) is 5.41 Å². The maximum atomic E-state index is 12.9. The molecule has 0 bridgehead atoms. The zero-order valence-corrected chi connectivity index (χ0v) is 19.2. The zero-order chi connectivity index (χ0) is 25.4. The largest absolute Gasteiger partial charge is 0.429 e. The standard InChI is InChI=1S/C22H34O12/c1-9-5-4-6-22(2,3)12(9)19(30)34-21-18(29)16(27)14(25)11(33-21)8-31-20-17(28)15(26)13(24)10(7-23)32-20/h4-5,10-11,13-18,20-21,23-29H,6-8H2,1-3H3/t10-,11+,13+,14+,15-,16-,17+,18+,20-,21-/m1/s1. The van der Waals surface area contributed by atoms with E-state index in [1.54, 1.807) is 13.0 Å². The van der Waals surface area contributed by atoms with Crippen LogP contribution in [-0.4, -0.2) is 116 Å². The molecular formula is C22H34O12. The van der Waals surface area contributed by atoms with Gasteiger partial charge in [-0.15, -0.1) is 0 Å². The van der Waals surface area contributed by atoms with Crippen molar-refractivity contribution >= 4 is 5.97 Å². The van der Waals surface area contributed by atoms with E-state index in [-0.39, 0.29) is 0 Å². The summed E-state index contributed by atoms with van der Waals surface area (Å²) in [7, 11) is 0. The van der Waals surface area contributed by atoms with E-state index in [1.165, 1.54) is 0 Å². The maximum absolute atomic E-state index is 12.9. The number of aliphatic hydroxyl groups is 7. The minimum atomic E-state index is -1.75. The van der Waals surface area contributed by atoms with Crippen molar-refractivity contribution in [3.05, 3.63) is 23.3 Å². The van der Waals surface area contributed by atoms with E-state index in [2.05, 4.69) is 0 Å². The van der Waals surface area contributed by atoms with Gasteiger partial charge in [-0.2, -0.15) is 0 Å². The van der Waals surface area contributed by atoms with Gasteiger partial charge in [-0.25, -0.2) is 4.79 Å². The van der Waals surface area contributed by atoms with Gasteiger partial charge in [0.2, 0.25) is 6.29 Å². The van der Waals surface area contributed by atoms with Crippen LogP contribution in [0.5, 0.6) is 0 Å². The lowest BCUT2D eigenvalue weighted by Crippen LogP contribution is -2.62. The van der Waals surface area contributed by atoms with E-state index in [4.69, 9.17) is 18.9 Å². The Morgan fingerprint density at radius 3 is 2.09 bits per heavy atom. The first kappa shape index (κ1) is 27.1. The fourth-order valence-corrected chi connectivity index (χ4v) is 4.40. The van der Waals surface area contributed by atoms with E-state index in [0.29, 0.717) is 17.6 Å². The van der Waals surface area contributed by atoms with Crippen molar-refractivity contribution in [2.24, 2.45) is 5.41 Å². The van der Waals surface area contributed by atoms with Crippen LogP contribution in [0.3, 0.4) is 0 Å². The van der Waals surface area contributed by atoms with Crippen LogP contribution in [0.2, 0.25) is 0 Å². The molecule has 12 nitrogen and oxygen atoms in total. The number of carbonyl (C=O) groups is 1. The van der Waals surface area contributed by atoms with E-state index in [1.807, 2.05) is 19.9 Å². The number of ether oxygens (including phenoxy) is 4. The maximum Gasteiger partial charge on any atom is 0.337 e. The second-order valence-electron chi connectivity index (χ2n) is 9.50. The Balaban J connectivity index is 1.68. The van der Waals surface area contributed by atoms with Crippen molar-refractivity contribution in [3.8, 4) is 0 Å². The summed E-state index contributed by atoms with van der Waals surface area (Å²) in [6.07, 6.45) is -11.4. The van der Waals surface area contributed by atoms with Crippen LogP contribution in [0.15, 0.2) is 23.3 Å². The lowest BCUT2D eigenvalue weighted by atomic mass is 9.76. The molecule has 10 atom stereocenters. The Morgan fingerprint density at radius 2 is 1.50 bits per heavy atom. The average molecular weight is 491 g/mol. The third-order valence-corrected chi connectivity index (χ3v) is 6.44. The van der Waals surface area contributed by atoms with Crippen molar-refractivity contribution in [2.45, 2.75) is 88.6 Å². The monoisotopic (exact) mass is 490 g/mol. The predicted octanol–water partition coefficient (Wildman–Crippen LogP) is -2.54. The summed E-state index contributed by atoms with van der Waals surface area (Å²) in [6, 6.07) is 0. The van der Waals surface area contributed by atoms with Crippen LogP contribution in [0.4, 0.5) is 0 Å². The van der Waals surface area contributed by atoms with Crippen molar-refractivity contribution < 1.29 is 59.5 Å². The number of carbonyl (C=O) groups excluding carboxylic acids is 1. The quantitative estimate of drug-likeness (QED) is 0.193. The van der Waals surface area contributed by atoms with E-state index in [0.717, 1.165) is 0 Å². The molecule has 3 aliphatic rings. The van der Waals surface area contributed by atoms with Gasteiger partial charge in [-0.1, -0.05) is 26.0 Å². The molecule has 2 fully saturated rings. The minimum Gasteiger partial charge on any atom is -0.429 e. The van der Waals surface area contributed by atoms with Gasteiger partial charge in [0.15, 0.2) is 6.29 Å². The molecule has 12 heteroatoms. The van der Waals surface area contributed by atoms with Crippen LogP contribution in [-0.2, 0) is 23.7 Å². The normalized spacial score (nSPS) is 42.5. The fourth-order valence-electron chi connectivity index (χ4n) is 4.40. The first-order valence-corrected chi connectivity index (χ1v) is 11.1. The molecule has 34 heavy (non-hydrogen) atoms. The first-order chi connectivity index (χ1) is 15.9. The van der Waals surface area contributed by atoms with Gasteiger partial charge in [-0.3, -0.25) is 0 Å². The fraction of sp³-hybridized carbons (Fsp3) is 0.773. The van der Waals surface area contributed by atoms with Gasteiger partial charge in [0, 0.05) is 11.0 Å². The number of allylic oxidation sites excluding steroid dienone is 3. The number of hydrogen-bond donors (Lipinski definition) is 7. The zero-order valence-electron chi connectivity index (χ0n) is 19.2. The van der Waals surface area contributed by atoms with Gasteiger partial charge >= 0.3 is 5.97 Å². The molecular weight excluding hydrogens is 456 g/mol. The average Bonchev–Trinajstić information content (AvgIpc) is 2.77. The van der Waals surface area contributed by atoms with Crippen LogP contribution >= 0.6 is 0 Å². The molecule has 0 saturated carbocycles. The summed E-state index contributed by atoms with van der Waals surface area (Å²) in [5, 5.41) is 70.0. The highest BCUT2D eigenvalue weighted by atomic mass is 16.7. The lowest BCUT2D eigenvalue weighted by molar-refractivity contribution is -0.326. The lowest BCUT2D eigenvalue weighted by Gasteiger charge is -2.42. The number of hydrogen-bond acceptors (Lipinski definition) is 12. The van der Waals surface area contributed by atoms with Crippen LogP contribution in [0.25, 0.3) is 0 Å². The summed E-state index contributed by atoms with van der Waals surface area (Å²) in [4.78, 5) is 12.9. The van der Waals surface area contributed by atoms with Gasteiger partial charge in [0.25, 0.3) is 0 Å². The van der Waals surface area contributed by atoms with Gasteiger partial charge in [0.05, 0.1) is 13.2 Å². The molecule has 0 unspecified atom stereocenters. The molecule has 7 N–H and O–H groups in total. The van der Waals surface area contributed by atoms with Crippen LogP contribution < -0.4 is 0 Å². The Labute approximate surface area is 196 Å². The Hall–Kier alpha value is -1.45. The molecule has 0 spiro atoms. The van der Waals surface area contributed by atoms with Crippen molar-refractivity contribution in [2.75, 3.05) is 13.2 Å². The highest BCUT2D eigenvalue weighted by Gasteiger charge is 2.48. The van der Waals surface area contributed by atoms with Crippen molar-refractivity contribution in [1.29, 1.82) is 0 Å². The summed E-state index contributed by atoms with van der Waals surface area (Å²) < 4.78 is 21.5. The molecule has 0 amide bonds. The Bertz CT molecular complexity index is 793. The SMILES string of the molecule is CC1=C(C(=O)O[C@H]2O[C@@H](CO[C@@H]3O[C@H](CO)[C@H](O)[C@@H](O)[C@@H]3O)[C@H](O)[C@@H](O)[C@@H]2O)C(C)(C)CC=C1. The summed E-state index contributed by atoms with van der Waals surface area (Å²) in [6.45, 7) is 4.31. The minimum absolute atomic E-state index is 0.389. The molecule has 2 aliphatic heterocycles. The number of rotatable bonds is 6. The molecule has 0 radical (unpaired) electrons. The van der Waals surface area contributed by atoms with E-state index < -0.39 is 86.0 Å². The molecule has 194 valence electrons. The number of esters is 1. The van der Waals surface area contributed by atoms with Gasteiger partial charge < -0.3 is 54.7 Å². The molecule has 1 aliphatic carbocycles. The van der Waals surface area contributed by atoms with Crippen molar-refractivity contribution in [3.63, 3.8) is 0 Å². The molecule has 0 aromatic heterocycles. The topological polar surface area (TPSA) is 196 Å². The molecule has 0 aromatic rings. The van der Waals surface area contributed by atoms with Crippen LogP contribution in [0.1, 0.15) is 27.2 Å². The summed E-state index contributed by atoms with van der Waals surface area (Å²) in [5.74, 6) is -0.743. The highest BCUT2D eigenvalue weighted by molar-refractivity contribution is 5.91. The predicted molar refractivity (Wildman–Crippen MR) is 113 cm³/mol. The molecule has 3 rings (SSSR count). The summed E-state index contributed by atoms with van der Waals surface area (Å²) in [5.41, 5.74) is 0.550. The highest BCUT2D eigenvalue weighted by Crippen LogP contribution is 2.38. The third kappa shape index (κ3) is 5.36. The molecule has 2 saturated heterocycles. The van der Waals surface area contributed by atoms with Gasteiger partial charge in [0.1, 0.15) is 48.8 Å². The Kier molecular flexibility index (Phi) is 8.51. The summed E-state index contributed by atoms with van der Waals surface area (Å²) >= 11 is 0. The third-order valence-electron chi connectivity index (χ3n) is 6.44. The van der Waals surface area contributed by atoms with E-state index in [9.17, 15) is 40.5 Å². The Morgan fingerprint density at radius 1 is 0.941 bits per heavy atom. The van der Waals surface area contributed by atoms with Gasteiger partial charge in [-0.05, 0) is 18.9 Å².